The monoisotopic (exact) mass is 681 g/mol. The number of urea groups is 1. The number of piperidine rings is 2. The summed E-state index contributed by atoms with van der Waals surface area (Å²) in [7, 11) is 2.28. The first kappa shape index (κ1) is 32.7. The molecule has 4 fully saturated rings. The molecule has 2 unspecified atom stereocenters. The number of thiophene rings is 1. The normalized spacial score (nSPS) is 26.3. The van der Waals surface area contributed by atoms with Crippen LogP contribution in [0.15, 0.2) is 23.6 Å². The number of piperazine rings is 1. The van der Waals surface area contributed by atoms with Crippen molar-refractivity contribution < 1.29 is 14.4 Å². The molecule has 5 aliphatic heterocycles. The lowest BCUT2D eigenvalue weighted by atomic mass is 9.91. The number of carbonyl (C=O) groups excluding carboxylic acids is 3. The van der Waals surface area contributed by atoms with Crippen molar-refractivity contribution in [2.24, 2.45) is 5.92 Å². The molecular formula is C35H48ClN7O3S. The van der Waals surface area contributed by atoms with Gasteiger partial charge in [-0.15, -0.1) is 11.3 Å². The molecule has 4 amide bonds. The third-order valence-corrected chi connectivity index (χ3v) is 12.9. The van der Waals surface area contributed by atoms with E-state index in [9.17, 15) is 14.4 Å². The maximum atomic E-state index is 14.2. The van der Waals surface area contributed by atoms with E-state index in [2.05, 4.69) is 22.2 Å². The van der Waals surface area contributed by atoms with Crippen LogP contribution in [0, 0.1) is 12.8 Å². The van der Waals surface area contributed by atoms with Crippen molar-refractivity contribution >= 4 is 52.2 Å². The number of amides is 4. The van der Waals surface area contributed by atoms with Gasteiger partial charge in [-0.05, 0) is 87.6 Å². The molecule has 3 atom stereocenters. The number of hydrogen-bond donors (Lipinski definition) is 2. The highest BCUT2D eigenvalue weighted by Gasteiger charge is 2.42. The Hall–Kier alpha value is -2.86. The van der Waals surface area contributed by atoms with E-state index in [0.717, 1.165) is 42.7 Å². The summed E-state index contributed by atoms with van der Waals surface area (Å²) in [6.07, 6.45) is 7.12. The highest BCUT2D eigenvalue weighted by molar-refractivity contribution is 7.10. The molecule has 0 saturated carbocycles. The topological polar surface area (TPSA) is 105 Å². The maximum Gasteiger partial charge on any atom is 0.322 e. The number of aryl methyl sites for hydroxylation is 1. The summed E-state index contributed by atoms with van der Waals surface area (Å²) in [5.41, 5.74) is 9.39. The fourth-order valence-corrected chi connectivity index (χ4v) is 9.89. The minimum atomic E-state index is -0.477. The van der Waals surface area contributed by atoms with E-state index in [1.54, 1.807) is 11.3 Å². The summed E-state index contributed by atoms with van der Waals surface area (Å²) < 4.78 is 0. The van der Waals surface area contributed by atoms with Crippen molar-refractivity contribution in [3.63, 3.8) is 0 Å². The van der Waals surface area contributed by atoms with Gasteiger partial charge < -0.3 is 30.7 Å². The van der Waals surface area contributed by atoms with Gasteiger partial charge in [-0.1, -0.05) is 17.7 Å². The molecule has 2 aromatic rings. The molecule has 3 N–H and O–H groups in total. The van der Waals surface area contributed by atoms with E-state index < -0.39 is 5.92 Å². The summed E-state index contributed by atoms with van der Waals surface area (Å²) in [6.45, 7) is 6.86. The van der Waals surface area contributed by atoms with Crippen molar-refractivity contribution in [3.05, 3.63) is 44.6 Å². The molecular weight excluding hydrogens is 634 g/mol. The van der Waals surface area contributed by atoms with Crippen LogP contribution in [-0.2, 0) is 22.6 Å². The highest BCUT2D eigenvalue weighted by Crippen LogP contribution is 2.37. The van der Waals surface area contributed by atoms with Crippen LogP contribution in [0.4, 0.5) is 16.2 Å². The average molecular weight is 682 g/mol. The Morgan fingerprint density at radius 1 is 0.979 bits per heavy atom. The third-order valence-electron chi connectivity index (χ3n) is 11.7. The summed E-state index contributed by atoms with van der Waals surface area (Å²) in [6, 6.07) is 7.80. The van der Waals surface area contributed by atoms with Crippen molar-refractivity contribution in [2.45, 2.75) is 89.0 Å². The number of halogens is 1. The number of likely N-dealkylation sites (tertiary alicyclic amines) is 1. The van der Waals surface area contributed by atoms with Gasteiger partial charge in [0.1, 0.15) is 0 Å². The quantitative estimate of drug-likeness (QED) is 0.413. The molecule has 4 saturated heterocycles. The maximum absolute atomic E-state index is 14.2. The van der Waals surface area contributed by atoms with Gasteiger partial charge >= 0.3 is 6.03 Å². The van der Waals surface area contributed by atoms with Gasteiger partial charge in [-0.2, -0.15) is 0 Å². The number of rotatable bonds is 7. The van der Waals surface area contributed by atoms with Crippen molar-refractivity contribution in [2.75, 3.05) is 57.4 Å². The van der Waals surface area contributed by atoms with Crippen LogP contribution in [0.1, 0.15) is 60.9 Å². The predicted molar refractivity (Wildman–Crippen MR) is 187 cm³/mol. The van der Waals surface area contributed by atoms with Gasteiger partial charge in [-0.3, -0.25) is 14.5 Å². The first-order valence-electron chi connectivity index (χ1n) is 17.4. The van der Waals surface area contributed by atoms with E-state index in [4.69, 9.17) is 17.3 Å². The summed E-state index contributed by atoms with van der Waals surface area (Å²) >= 11 is 8.11. The SMILES string of the molecule is Cc1cc(C[C@@H](CC(=O)N2CCC(N3Cc4sccc4NC3=O)CC2)C(=O)N2CCN(C3CC4CCC(C3)N4C)CC2)cc(Cl)c1N. The van der Waals surface area contributed by atoms with Gasteiger partial charge in [0.05, 0.1) is 28.9 Å². The Balaban J connectivity index is 0.988. The number of nitrogens with zero attached hydrogens (tertiary/aromatic N) is 5. The molecule has 2 bridgehead atoms. The van der Waals surface area contributed by atoms with Crippen molar-refractivity contribution in [1.29, 1.82) is 0 Å². The number of anilines is 2. The number of fused-ring (bicyclic) bond motifs is 3. The molecule has 47 heavy (non-hydrogen) atoms. The fraction of sp³-hybridized carbons (Fsp3) is 0.629. The van der Waals surface area contributed by atoms with Gasteiger partial charge in [-0.25, -0.2) is 4.79 Å². The molecule has 1 aromatic heterocycles. The first-order valence-corrected chi connectivity index (χ1v) is 18.6. The van der Waals surface area contributed by atoms with Crippen LogP contribution in [-0.4, -0.2) is 113 Å². The molecule has 0 spiro atoms. The number of carbonyl (C=O) groups is 3. The molecule has 7 rings (SSSR count). The largest absolute Gasteiger partial charge is 0.397 e. The standard InChI is InChI=1S/C35H48ClN7O3S/c1-22-15-23(17-29(36)33(22)37)16-24(34(45)42-12-10-40(11-13-42)28-19-26-3-4-27(20-28)39(26)2)18-32(44)41-8-5-25(6-9-41)43-21-31-30(7-14-47-31)38-35(43)46/h7,14-15,17,24-28H,3-6,8-13,16,18-21,37H2,1-2H3,(H,38,46)/t24-,26?,27?,28?/m0/s1. The van der Waals surface area contributed by atoms with Gasteiger partial charge in [0, 0.05) is 74.7 Å². The third kappa shape index (κ3) is 6.73. The lowest BCUT2D eigenvalue weighted by molar-refractivity contribution is -0.143. The Labute approximate surface area is 287 Å². The predicted octanol–water partition coefficient (Wildman–Crippen LogP) is 4.65. The van der Waals surface area contributed by atoms with Gasteiger partial charge in [0.25, 0.3) is 0 Å². The first-order chi connectivity index (χ1) is 22.6. The molecule has 10 nitrogen and oxygen atoms in total. The summed E-state index contributed by atoms with van der Waals surface area (Å²) in [5, 5.41) is 5.50. The summed E-state index contributed by atoms with van der Waals surface area (Å²) in [4.78, 5) is 53.0. The Morgan fingerprint density at radius 2 is 1.68 bits per heavy atom. The second kappa shape index (κ2) is 13.6. The molecule has 0 aliphatic carbocycles. The Morgan fingerprint density at radius 3 is 2.36 bits per heavy atom. The van der Waals surface area contributed by atoms with E-state index in [-0.39, 0.29) is 30.3 Å². The molecule has 0 radical (unpaired) electrons. The molecule has 6 heterocycles. The Kier molecular flexibility index (Phi) is 9.43. The van der Waals surface area contributed by atoms with E-state index in [1.807, 2.05) is 45.2 Å². The molecule has 5 aliphatic rings. The zero-order valence-corrected chi connectivity index (χ0v) is 29.2. The van der Waals surface area contributed by atoms with Gasteiger partial charge in [0.2, 0.25) is 11.8 Å². The van der Waals surface area contributed by atoms with E-state index in [0.29, 0.717) is 68.0 Å². The minimum Gasteiger partial charge on any atom is -0.397 e. The second-order valence-electron chi connectivity index (χ2n) is 14.4. The van der Waals surface area contributed by atoms with Crippen LogP contribution in [0.3, 0.4) is 0 Å². The van der Waals surface area contributed by atoms with Crippen LogP contribution in [0.5, 0.6) is 0 Å². The number of nitrogens with two attached hydrogens (primary N) is 1. The molecule has 12 heteroatoms. The zero-order valence-electron chi connectivity index (χ0n) is 27.6. The highest BCUT2D eigenvalue weighted by atomic mass is 35.5. The van der Waals surface area contributed by atoms with E-state index >= 15 is 0 Å². The Bertz CT molecular complexity index is 1460. The molecule has 1 aromatic carbocycles. The number of benzene rings is 1. The van der Waals surface area contributed by atoms with Gasteiger partial charge in [0.15, 0.2) is 0 Å². The van der Waals surface area contributed by atoms with Crippen molar-refractivity contribution in [1.82, 2.24) is 24.5 Å². The number of nitrogens with one attached hydrogen (secondary N) is 1. The van der Waals surface area contributed by atoms with E-state index in [1.165, 1.54) is 30.6 Å². The van der Waals surface area contributed by atoms with Crippen LogP contribution >= 0.6 is 22.9 Å². The zero-order chi connectivity index (χ0) is 32.8. The average Bonchev–Trinajstić information content (AvgIpc) is 3.59. The van der Waals surface area contributed by atoms with Crippen LogP contribution in [0.2, 0.25) is 5.02 Å². The fourth-order valence-electron chi connectivity index (χ4n) is 8.77. The smallest absolute Gasteiger partial charge is 0.322 e. The van der Waals surface area contributed by atoms with Crippen LogP contribution in [0.25, 0.3) is 0 Å². The number of hydrogen-bond acceptors (Lipinski definition) is 7. The number of nitrogen functional groups attached to an aromatic ring is 1. The van der Waals surface area contributed by atoms with Crippen molar-refractivity contribution in [3.8, 4) is 0 Å². The molecule has 254 valence electrons. The second-order valence-corrected chi connectivity index (χ2v) is 15.8. The lowest BCUT2D eigenvalue weighted by Crippen LogP contribution is -2.56. The minimum absolute atomic E-state index is 0.00383. The summed E-state index contributed by atoms with van der Waals surface area (Å²) in [5.74, 6) is -0.419. The lowest BCUT2D eigenvalue weighted by Gasteiger charge is -2.45. The van der Waals surface area contributed by atoms with Crippen LogP contribution < -0.4 is 11.1 Å².